The van der Waals surface area contributed by atoms with Crippen LogP contribution in [-0.2, 0) is 0 Å². The van der Waals surface area contributed by atoms with Crippen molar-refractivity contribution in [3.63, 3.8) is 0 Å². The highest BCUT2D eigenvalue weighted by molar-refractivity contribution is 5.79. The van der Waals surface area contributed by atoms with Crippen LogP contribution in [0.15, 0.2) is 18.2 Å². The number of carbonyl (C=O) groups is 1. The first-order valence-electron chi connectivity index (χ1n) is 5.39. The van der Waals surface area contributed by atoms with Gasteiger partial charge in [-0.05, 0) is 26.1 Å². The summed E-state index contributed by atoms with van der Waals surface area (Å²) in [6.45, 7) is 0.530. The molecule has 0 spiro atoms. The molecule has 1 aromatic carbocycles. The molecular formula is C12H17NO4. The topological polar surface area (TPSA) is 89.8 Å². The van der Waals surface area contributed by atoms with Gasteiger partial charge in [-0.2, -0.15) is 0 Å². The Hall–Kier alpha value is -1.43. The van der Waals surface area contributed by atoms with Gasteiger partial charge in [0.05, 0.1) is 6.10 Å². The van der Waals surface area contributed by atoms with Crippen molar-refractivity contribution in [1.82, 2.24) is 5.32 Å². The van der Waals surface area contributed by atoms with Gasteiger partial charge in [-0.3, -0.25) is 4.79 Å². The first kappa shape index (κ1) is 13.6. The van der Waals surface area contributed by atoms with Crippen molar-refractivity contribution in [2.75, 3.05) is 13.6 Å². The van der Waals surface area contributed by atoms with E-state index in [4.69, 9.17) is 0 Å². The molecule has 2 atom stereocenters. The van der Waals surface area contributed by atoms with Crippen LogP contribution < -0.4 is 5.32 Å². The number of phenols is 1. The van der Waals surface area contributed by atoms with Gasteiger partial charge in [0, 0.05) is 11.1 Å². The summed E-state index contributed by atoms with van der Waals surface area (Å²) in [4.78, 5) is 10.8. The summed E-state index contributed by atoms with van der Waals surface area (Å²) >= 11 is 0. The molecule has 0 amide bonds. The molecule has 5 nitrogen and oxygen atoms in total. The molecule has 94 valence electrons. The van der Waals surface area contributed by atoms with Gasteiger partial charge in [-0.1, -0.05) is 12.1 Å². The number of phenolic OH excluding ortho intramolecular Hbond substituents is 1. The van der Waals surface area contributed by atoms with E-state index in [9.17, 15) is 20.1 Å². The second kappa shape index (κ2) is 6.34. The molecule has 4 N–H and O–H groups in total. The number of aldehydes is 1. The van der Waals surface area contributed by atoms with E-state index in [-0.39, 0.29) is 16.9 Å². The number of rotatable bonds is 6. The van der Waals surface area contributed by atoms with Gasteiger partial charge < -0.3 is 20.6 Å². The van der Waals surface area contributed by atoms with Crippen molar-refractivity contribution in [2.45, 2.75) is 18.6 Å². The average Bonchev–Trinajstić information content (AvgIpc) is 2.34. The fraction of sp³-hybridized carbons (Fsp3) is 0.417. The average molecular weight is 239 g/mol. The predicted molar refractivity (Wildman–Crippen MR) is 63.0 cm³/mol. The second-order valence-corrected chi connectivity index (χ2v) is 3.80. The van der Waals surface area contributed by atoms with Crippen molar-refractivity contribution >= 4 is 6.29 Å². The maximum atomic E-state index is 10.8. The maximum Gasteiger partial charge on any atom is 0.150 e. The Morgan fingerprint density at radius 1 is 1.41 bits per heavy atom. The molecular weight excluding hydrogens is 222 g/mol. The molecule has 0 fully saturated rings. The van der Waals surface area contributed by atoms with Crippen molar-refractivity contribution in [2.24, 2.45) is 0 Å². The summed E-state index contributed by atoms with van der Waals surface area (Å²) in [6.07, 6.45) is -1.44. The summed E-state index contributed by atoms with van der Waals surface area (Å²) in [6, 6.07) is 4.36. The van der Waals surface area contributed by atoms with Gasteiger partial charge in [0.15, 0.2) is 6.29 Å². The van der Waals surface area contributed by atoms with E-state index in [1.54, 1.807) is 7.05 Å². The summed E-state index contributed by atoms with van der Waals surface area (Å²) < 4.78 is 0. The van der Waals surface area contributed by atoms with Crippen LogP contribution in [0, 0.1) is 0 Å². The monoisotopic (exact) mass is 239 g/mol. The third-order valence-electron chi connectivity index (χ3n) is 2.59. The van der Waals surface area contributed by atoms with Crippen LogP contribution in [0.5, 0.6) is 5.75 Å². The normalized spacial score (nSPS) is 14.3. The van der Waals surface area contributed by atoms with E-state index in [2.05, 4.69) is 5.32 Å². The van der Waals surface area contributed by atoms with Gasteiger partial charge in [0.25, 0.3) is 0 Å². The zero-order valence-electron chi connectivity index (χ0n) is 9.63. The van der Waals surface area contributed by atoms with Crippen LogP contribution in [0.4, 0.5) is 0 Å². The molecule has 0 aliphatic heterocycles. The van der Waals surface area contributed by atoms with Crippen LogP contribution in [0.2, 0.25) is 0 Å². The van der Waals surface area contributed by atoms with E-state index in [0.29, 0.717) is 19.3 Å². The fourth-order valence-electron chi connectivity index (χ4n) is 1.64. The lowest BCUT2D eigenvalue weighted by molar-refractivity contribution is 0.0124. The van der Waals surface area contributed by atoms with Crippen LogP contribution >= 0.6 is 0 Å². The Labute approximate surface area is 99.7 Å². The van der Waals surface area contributed by atoms with Gasteiger partial charge in [0.1, 0.15) is 11.9 Å². The summed E-state index contributed by atoms with van der Waals surface area (Å²) in [5.74, 6) is -0.189. The van der Waals surface area contributed by atoms with Crippen LogP contribution in [0.25, 0.3) is 0 Å². The maximum absolute atomic E-state index is 10.8. The van der Waals surface area contributed by atoms with E-state index in [1.165, 1.54) is 18.2 Å². The highest BCUT2D eigenvalue weighted by atomic mass is 16.3. The number of aliphatic hydroxyl groups excluding tert-OH is 2. The largest absolute Gasteiger partial charge is 0.508 e. The number of aromatic hydroxyl groups is 1. The number of nitrogens with one attached hydrogen (secondary N) is 1. The van der Waals surface area contributed by atoms with Gasteiger partial charge in [0.2, 0.25) is 0 Å². The number of carbonyl (C=O) groups excluding carboxylic acids is 1. The van der Waals surface area contributed by atoms with E-state index >= 15 is 0 Å². The van der Waals surface area contributed by atoms with Crippen LogP contribution in [-0.4, -0.2) is 41.3 Å². The fourth-order valence-corrected chi connectivity index (χ4v) is 1.64. The van der Waals surface area contributed by atoms with Gasteiger partial charge in [-0.25, -0.2) is 0 Å². The van der Waals surface area contributed by atoms with Gasteiger partial charge >= 0.3 is 0 Å². The van der Waals surface area contributed by atoms with E-state index in [1.807, 2.05) is 0 Å². The standard InChI is InChI=1S/C12H17NO4/c1-13-6-5-10(16)12(17)11-8(7-14)3-2-4-9(11)15/h2-4,7,10,12-13,15-17H,5-6H2,1H3. The molecule has 0 heterocycles. The Bertz CT molecular complexity index is 381. The minimum absolute atomic E-state index is 0.0751. The molecule has 0 aromatic heterocycles. The third kappa shape index (κ3) is 3.26. The van der Waals surface area contributed by atoms with Crippen LogP contribution in [0.3, 0.4) is 0 Å². The molecule has 17 heavy (non-hydrogen) atoms. The number of hydrogen-bond donors (Lipinski definition) is 4. The highest BCUT2D eigenvalue weighted by Gasteiger charge is 2.23. The van der Waals surface area contributed by atoms with E-state index < -0.39 is 12.2 Å². The van der Waals surface area contributed by atoms with Gasteiger partial charge in [-0.15, -0.1) is 0 Å². The second-order valence-electron chi connectivity index (χ2n) is 3.80. The minimum Gasteiger partial charge on any atom is -0.508 e. The molecule has 1 rings (SSSR count). The van der Waals surface area contributed by atoms with Crippen molar-refractivity contribution in [3.05, 3.63) is 29.3 Å². The summed E-state index contributed by atoms with van der Waals surface area (Å²) in [5, 5.41) is 32.1. The highest BCUT2D eigenvalue weighted by Crippen LogP contribution is 2.29. The minimum atomic E-state index is -1.27. The Morgan fingerprint density at radius 3 is 2.71 bits per heavy atom. The summed E-state index contributed by atoms with van der Waals surface area (Å²) in [5.41, 5.74) is 0.257. The number of aliphatic hydroxyl groups is 2. The molecule has 1 aromatic rings. The molecule has 0 radical (unpaired) electrons. The smallest absolute Gasteiger partial charge is 0.150 e. The van der Waals surface area contributed by atoms with Crippen LogP contribution in [0.1, 0.15) is 28.4 Å². The molecule has 0 bridgehead atoms. The molecule has 0 saturated heterocycles. The first-order valence-corrected chi connectivity index (χ1v) is 5.39. The third-order valence-corrected chi connectivity index (χ3v) is 2.59. The zero-order chi connectivity index (χ0) is 12.8. The molecule has 0 aliphatic rings. The van der Waals surface area contributed by atoms with Crippen molar-refractivity contribution in [1.29, 1.82) is 0 Å². The lowest BCUT2D eigenvalue weighted by Gasteiger charge is -2.20. The Kier molecular flexibility index (Phi) is 5.09. The molecule has 5 heteroatoms. The van der Waals surface area contributed by atoms with Crippen molar-refractivity contribution < 1.29 is 20.1 Å². The lowest BCUT2D eigenvalue weighted by Crippen LogP contribution is -2.24. The Balaban J connectivity index is 2.94. The summed E-state index contributed by atoms with van der Waals surface area (Å²) in [7, 11) is 1.73. The first-order chi connectivity index (χ1) is 8.11. The Morgan fingerprint density at radius 2 is 2.12 bits per heavy atom. The van der Waals surface area contributed by atoms with E-state index in [0.717, 1.165) is 0 Å². The lowest BCUT2D eigenvalue weighted by atomic mass is 9.96. The van der Waals surface area contributed by atoms with Crippen molar-refractivity contribution in [3.8, 4) is 5.75 Å². The zero-order valence-corrected chi connectivity index (χ0v) is 9.63. The number of hydrogen-bond acceptors (Lipinski definition) is 5. The quantitative estimate of drug-likeness (QED) is 0.533. The molecule has 2 unspecified atom stereocenters. The number of benzene rings is 1. The molecule has 0 aliphatic carbocycles. The molecule has 0 saturated carbocycles. The predicted octanol–water partition coefficient (Wildman–Crippen LogP) is 0.209. The SMILES string of the molecule is CNCCC(O)C(O)c1c(O)cccc1C=O.